The molecule has 0 N–H and O–H groups in total. The number of alkyl halides is 3. The van der Waals surface area contributed by atoms with Crippen LogP contribution >= 0.6 is 11.3 Å². The minimum atomic E-state index is -4.72. The lowest BCUT2D eigenvalue weighted by Gasteiger charge is -2.28. The predicted molar refractivity (Wildman–Crippen MR) is 157 cm³/mol. The zero-order valence-corrected chi connectivity index (χ0v) is 25.9. The molecule has 0 aliphatic carbocycles. The smallest absolute Gasteiger partial charge is 0.416 e. The monoisotopic (exact) mass is 640 g/mol. The molecule has 1 amide bonds. The molecule has 1 atom stereocenters. The highest BCUT2D eigenvalue weighted by Gasteiger charge is 2.35. The van der Waals surface area contributed by atoms with E-state index in [0.29, 0.717) is 37.0 Å². The van der Waals surface area contributed by atoms with Gasteiger partial charge >= 0.3 is 6.18 Å². The second-order valence-corrected chi connectivity index (χ2v) is 13.5. The molecule has 0 spiro atoms. The van der Waals surface area contributed by atoms with Crippen LogP contribution in [-0.4, -0.2) is 70.1 Å². The van der Waals surface area contributed by atoms with Crippen molar-refractivity contribution in [3.05, 3.63) is 75.5 Å². The number of amides is 1. The number of methoxy groups -OCH3 is 2. The Morgan fingerprint density at radius 3 is 2.47 bits per heavy atom. The normalized spacial score (nSPS) is 15.6. The van der Waals surface area contributed by atoms with Gasteiger partial charge in [0.25, 0.3) is 0 Å². The Bertz CT molecular complexity index is 1500. The topological polar surface area (TPSA) is 85.4 Å². The van der Waals surface area contributed by atoms with Crippen LogP contribution < -0.4 is 9.47 Å². The predicted octanol–water partition coefficient (Wildman–Crippen LogP) is 5.53. The van der Waals surface area contributed by atoms with E-state index in [2.05, 4.69) is 0 Å². The van der Waals surface area contributed by atoms with Crippen LogP contribution in [0.15, 0.2) is 59.5 Å². The van der Waals surface area contributed by atoms with Crippen molar-refractivity contribution >= 4 is 27.3 Å². The molecule has 1 aliphatic rings. The van der Waals surface area contributed by atoms with Crippen molar-refractivity contribution in [2.24, 2.45) is 0 Å². The fourth-order valence-electron chi connectivity index (χ4n) is 4.85. The van der Waals surface area contributed by atoms with Gasteiger partial charge in [-0.25, -0.2) is 8.42 Å². The quantitative estimate of drug-likeness (QED) is 0.244. The van der Waals surface area contributed by atoms with Crippen molar-refractivity contribution in [3.8, 4) is 11.5 Å². The van der Waals surface area contributed by atoms with Gasteiger partial charge in [-0.1, -0.05) is 12.1 Å². The zero-order valence-electron chi connectivity index (χ0n) is 24.2. The molecule has 2 heterocycles. The maximum atomic E-state index is 13.8. The van der Waals surface area contributed by atoms with Crippen molar-refractivity contribution in [2.75, 3.05) is 40.5 Å². The third-order valence-electron chi connectivity index (χ3n) is 7.16. The molecule has 43 heavy (non-hydrogen) atoms. The van der Waals surface area contributed by atoms with Gasteiger partial charge in [0.15, 0.2) is 11.5 Å². The number of rotatable bonds is 13. The summed E-state index contributed by atoms with van der Waals surface area (Å²) in [5.74, 6) is 0.638. The number of hydrogen-bond acceptors (Lipinski definition) is 7. The molecule has 1 aromatic heterocycles. The van der Waals surface area contributed by atoms with E-state index in [1.54, 1.807) is 11.0 Å². The first-order valence-corrected chi connectivity index (χ1v) is 16.0. The molecule has 1 aliphatic heterocycles. The molecule has 0 radical (unpaired) electrons. The van der Waals surface area contributed by atoms with Gasteiger partial charge in [0.1, 0.15) is 0 Å². The number of hydrogen-bond donors (Lipinski definition) is 0. The molecule has 1 fully saturated rings. The first-order valence-electron chi connectivity index (χ1n) is 13.7. The summed E-state index contributed by atoms with van der Waals surface area (Å²) in [7, 11) is -1.40. The third-order valence-corrected chi connectivity index (χ3v) is 9.95. The van der Waals surface area contributed by atoms with Crippen LogP contribution in [-0.2, 0) is 38.7 Å². The van der Waals surface area contributed by atoms with E-state index in [-0.39, 0.29) is 19.6 Å². The summed E-state index contributed by atoms with van der Waals surface area (Å²) in [6.07, 6.45) is -3.43. The average Bonchev–Trinajstić information content (AvgIpc) is 3.65. The number of benzene rings is 2. The second kappa shape index (κ2) is 14.1. The summed E-state index contributed by atoms with van der Waals surface area (Å²) in [6.45, 7) is 2.23. The first-order chi connectivity index (χ1) is 20.4. The number of nitrogens with zero attached hydrogens (tertiary/aromatic N) is 2. The Kier molecular flexibility index (Phi) is 10.8. The van der Waals surface area contributed by atoms with Crippen LogP contribution in [0.4, 0.5) is 13.2 Å². The van der Waals surface area contributed by atoms with Crippen molar-refractivity contribution in [3.63, 3.8) is 0 Å². The van der Waals surface area contributed by atoms with E-state index < -0.39 is 45.2 Å². The number of thiophene rings is 1. The van der Waals surface area contributed by atoms with Gasteiger partial charge < -0.3 is 19.1 Å². The number of carbonyl (C=O) groups excluding carboxylic acids is 1. The molecule has 0 saturated carbocycles. The molecule has 13 heteroatoms. The first kappa shape index (κ1) is 32.8. The second-order valence-electron chi connectivity index (χ2n) is 10.2. The van der Waals surface area contributed by atoms with Crippen LogP contribution in [0.2, 0.25) is 0 Å². The molecule has 4 rings (SSSR count). The highest BCUT2D eigenvalue weighted by atomic mass is 32.2. The molecule has 1 saturated heterocycles. The Morgan fingerprint density at radius 2 is 1.84 bits per heavy atom. The van der Waals surface area contributed by atoms with Crippen molar-refractivity contribution in [1.82, 2.24) is 9.21 Å². The Morgan fingerprint density at radius 1 is 1.07 bits per heavy atom. The lowest BCUT2D eigenvalue weighted by Crippen LogP contribution is -2.45. The summed E-state index contributed by atoms with van der Waals surface area (Å²) >= 11 is 1.53. The van der Waals surface area contributed by atoms with E-state index in [4.69, 9.17) is 14.2 Å². The summed E-state index contributed by atoms with van der Waals surface area (Å²) < 4.78 is 85.0. The van der Waals surface area contributed by atoms with Gasteiger partial charge in [-0.3, -0.25) is 4.79 Å². The van der Waals surface area contributed by atoms with Gasteiger partial charge in [-0.2, -0.15) is 17.5 Å². The molecule has 0 bridgehead atoms. The fraction of sp³-hybridized carbons (Fsp3) is 0.433. The van der Waals surface area contributed by atoms with Gasteiger partial charge in [-0.15, -0.1) is 11.3 Å². The van der Waals surface area contributed by atoms with Gasteiger partial charge in [0, 0.05) is 29.5 Å². The summed E-state index contributed by atoms with van der Waals surface area (Å²) in [5, 5.41) is 0. The lowest BCUT2D eigenvalue weighted by atomic mass is 10.1. The van der Waals surface area contributed by atoms with Crippen LogP contribution in [0.25, 0.3) is 0 Å². The molecular formula is C30H35F3N2O6S2. The number of aryl methyl sites for hydroxylation is 1. The van der Waals surface area contributed by atoms with E-state index in [1.165, 1.54) is 25.6 Å². The van der Waals surface area contributed by atoms with Crippen LogP contribution in [0.1, 0.15) is 33.7 Å². The number of carbonyl (C=O) groups is 1. The van der Waals surface area contributed by atoms with Crippen LogP contribution in [0.3, 0.4) is 0 Å². The maximum Gasteiger partial charge on any atom is 0.416 e. The van der Waals surface area contributed by atoms with E-state index in [0.717, 1.165) is 44.2 Å². The van der Waals surface area contributed by atoms with E-state index in [9.17, 15) is 26.4 Å². The Balaban J connectivity index is 1.61. The SMILES string of the molecule is COc1ccc(CCN(Cc2ccc(C)s2)C(=O)CN(CC2CCCO2)S(=O)(=O)c2cccc(C(F)(F)F)c2)cc1OC. The number of sulfonamides is 1. The lowest BCUT2D eigenvalue weighted by molar-refractivity contribution is -0.137. The summed E-state index contributed by atoms with van der Waals surface area (Å²) in [5.41, 5.74) is -0.202. The number of ether oxygens (including phenoxy) is 3. The fourth-order valence-corrected chi connectivity index (χ4v) is 7.22. The van der Waals surface area contributed by atoms with Crippen molar-refractivity contribution < 1.29 is 40.6 Å². The molecular weight excluding hydrogens is 605 g/mol. The van der Waals surface area contributed by atoms with Gasteiger partial charge in [0.05, 0.1) is 43.9 Å². The third kappa shape index (κ3) is 8.49. The maximum absolute atomic E-state index is 13.8. The average molecular weight is 641 g/mol. The molecule has 8 nitrogen and oxygen atoms in total. The molecule has 3 aromatic rings. The molecule has 2 aromatic carbocycles. The largest absolute Gasteiger partial charge is 0.493 e. The standard InChI is InChI=1S/C30H35F3N2O6S2/c1-21-9-11-25(42-21)19-34(14-13-22-10-12-27(39-2)28(16-22)40-3)29(36)20-35(18-24-7-5-15-41-24)43(37,38)26-8-4-6-23(17-26)30(31,32)33/h4,6,8-12,16-17,24H,5,7,13-15,18-20H2,1-3H3. The Labute approximate surface area is 254 Å². The highest BCUT2D eigenvalue weighted by Crippen LogP contribution is 2.32. The molecule has 1 unspecified atom stereocenters. The van der Waals surface area contributed by atoms with Gasteiger partial charge in [-0.05, 0) is 74.2 Å². The van der Waals surface area contributed by atoms with E-state index in [1.807, 2.05) is 31.2 Å². The van der Waals surface area contributed by atoms with Crippen LogP contribution in [0.5, 0.6) is 11.5 Å². The highest BCUT2D eigenvalue weighted by molar-refractivity contribution is 7.89. The molecule has 234 valence electrons. The van der Waals surface area contributed by atoms with Crippen molar-refractivity contribution in [2.45, 2.75) is 49.9 Å². The van der Waals surface area contributed by atoms with Gasteiger partial charge in [0.2, 0.25) is 15.9 Å². The van der Waals surface area contributed by atoms with Crippen molar-refractivity contribution in [1.29, 1.82) is 0 Å². The summed E-state index contributed by atoms with van der Waals surface area (Å²) in [4.78, 5) is 16.9. The minimum Gasteiger partial charge on any atom is -0.493 e. The zero-order chi connectivity index (χ0) is 31.2. The Hall–Kier alpha value is -3.13. The summed E-state index contributed by atoms with van der Waals surface area (Å²) in [6, 6.07) is 12.9. The van der Waals surface area contributed by atoms with E-state index >= 15 is 0 Å². The number of halogens is 3. The minimum absolute atomic E-state index is 0.147. The van der Waals surface area contributed by atoms with Crippen LogP contribution in [0, 0.1) is 6.92 Å².